The number of fused-ring (bicyclic) bond motifs is 2. The Hall–Kier alpha value is -2.82. The molecule has 2 fully saturated rings. The highest BCUT2D eigenvalue weighted by atomic mass is 16.5. The van der Waals surface area contributed by atoms with E-state index in [0.717, 1.165) is 37.0 Å². The van der Waals surface area contributed by atoms with Crippen molar-refractivity contribution >= 4 is 17.5 Å². The molecule has 5 rings (SSSR count). The van der Waals surface area contributed by atoms with Crippen LogP contribution in [-0.4, -0.2) is 17.5 Å². The van der Waals surface area contributed by atoms with Crippen molar-refractivity contribution in [1.29, 1.82) is 0 Å². The lowest BCUT2D eigenvalue weighted by Gasteiger charge is -2.55. The number of piperidine rings is 1. The van der Waals surface area contributed by atoms with Crippen LogP contribution in [0.1, 0.15) is 37.2 Å². The second-order valence-electron chi connectivity index (χ2n) is 7.73. The van der Waals surface area contributed by atoms with Gasteiger partial charge in [0.1, 0.15) is 11.7 Å². The molecule has 2 amide bonds. The molecule has 1 saturated carbocycles. The molecule has 0 aromatic heterocycles. The monoisotopic (exact) mass is 362 g/mol. The number of amides is 2. The van der Waals surface area contributed by atoms with Gasteiger partial charge in [-0.1, -0.05) is 42.8 Å². The van der Waals surface area contributed by atoms with Gasteiger partial charge in [-0.05, 0) is 36.6 Å². The van der Waals surface area contributed by atoms with E-state index in [-0.39, 0.29) is 23.7 Å². The average molecular weight is 362 g/mol. The number of para-hydroxylation sites is 2. The number of carbonyl (C=O) groups is 2. The van der Waals surface area contributed by atoms with Crippen LogP contribution in [0.2, 0.25) is 0 Å². The second kappa shape index (κ2) is 6.12. The molecule has 2 bridgehead atoms. The molecule has 2 aromatic rings. The molecule has 1 saturated heterocycles. The number of benzene rings is 2. The molecule has 5 heteroatoms. The molecule has 0 unspecified atom stereocenters. The van der Waals surface area contributed by atoms with Gasteiger partial charge in [0.2, 0.25) is 11.8 Å². The van der Waals surface area contributed by atoms with Crippen LogP contribution in [0.4, 0.5) is 5.69 Å². The highest BCUT2D eigenvalue weighted by molar-refractivity contribution is 6.08. The van der Waals surface area contributed by atoms with Gasteiger partial charge in [-0.3, -0.25) is 9.59 Å². The van der Waals surface area contributed by atoms with Crippen LogP contribution >= 0.6 is 0 Å². The van der Waals surface area contributed by atoms with Crippen LogP contribution < -0.4 is 15.4 Å². The molecule has 1 aliphatic carbocycles. The van der Waals surface area contributed by atoms with Gasteiger partial charge < -0.3 is 15.4 Å². The molecular formula is C22H22N2O3. The Morgan fingerprint density at radius 2 is 1.85 bits per heavy atom. The summed E-state index contributed by atoms with van der Waals surface area (Å²) in [5.41, 5.74) is 1.01. The molecule has 2 N–H and O–H groups in total. The van der Waals surface area contributed by atoms with Crippen molar-refractivity contribution in [3.63, 3.8) is 0 Å². The summed E-state index contributed by atoms with van der Waals surface area (Å²) in [5.74, 6) is -0.497. The average Bonchev–Trinajstić information content (AvgIpc) is 2.67. The van der Waals surface area contributed by atoms with E-state index in [1.165, 1.54) is 0 Å². The maximum Gasteiger partial charge on any atom is 0.237 e. The topological polar surface area (TPSA) is 67.4 Å². The van der Waals surface area contributed by atoms with E-state index in [9.17, 15) is 9.59 Å². The first-order chi connectivity index (χ1) is 13.2. The fraction of sp³-hybridized carbons (Fsp3) is 0.364. The second-order valence-corrected chi connectivity index (χ2v) is 7.73. The Morgan fingerprint density at radius 1 is 1.07 bits per heavy atom. The smallest absolute Gasteiger partial charge is 0.237 e. The van der Waals surface area contributed by atoms with Gasteiger partial charge in [-0.2, -0.15) is 0 Å². The number of hydrogen-bond acceptors (Lipinski definition) is 3. The SMILES string of the molecule is O=C(Nc1ccccc1)[C@H]1C(=O)N[C@]23CCCC[C@H]2[C@H]1c1ccccc1O3. The number of rotatable bonds is 2. The van der Waals surface area contributed by atoms with Crippen LogP contribution in [0.5, 0.6) is 5.75 Å². The summed E-state index contributed by atoms with van der Waals surface area (Å²) < 4.78 is 6.35. The largest absolute Gasteiger partial charge is 0.467 e. The van der Waals surface area contributed by atoms with Crippen LogP contribution in [0.15, 0.2) is 54.6 Å². The van der Waals surface area contributed by atoms with Crippen LogP contribution in [0, 0.1) is 11.8 Å². The van der Waals surface area contributed by atoms with E-state index in [1.807, 2.05) is 54.6 Å². The summed E-state index contributed by atoms with van der Waals surface area (Å²) in [5, 5.41) is 6.03. The quantitative estimate of drug-likeness (QED) is 0.805. The third-order valence-corrected chi connectivity index (χ3v) is 6.22. The molecule has 4 atom stereocenters. The Morgan fingerprint density at radius 3 is 2.70 bits per heavy atom. The van der Waals surface area contributed by atoms with Crippen molar-refractivity contribution in [2.24, 2.45) is 11.8 Å². The Bertz CT molecular complexity index is 897. The molecule has 0 spiro atoms. The van der Waals surface area contributed by atoms with Gasteiger partial charge in [0, 0.05) is 23.9 Å². The fourth-order valence-corrected chi connectivity index (χ4v) is 5.09. The zero-order valence-corrected chi connectivity index (χ0v) is 15.0. The summed E-state index contributed by atoms with van der Waals surface area (Å²) in [6, 6.07) is 17.1. The Balaban J connectivity index is 1.57. The first-order valence-electron chi connectivity index (χ1n) is 9.64. The van der Waals surface area contributed by atoms with Crippen molar-refractivity contribution < 1.29 is 14.3 Å². The minimum absolute atomic E-state index is 0.116. The molecule has 138 valence electrons. The minimum atomic E-state index is -0.758. The van der Waals surface area contributed by atoms with Crippen molar-refractivity contribution in [1.82, 2.24) is 5.32 Å². The minimum Gasteiger partial charge on any atom is -0.467 e. The van der Waals surface area contributed by atoms with Crippen molar-refractivity contribution in [2.75, 3.05) is 5.32 Å². The lowest BCUT2D eigenvalue weighted by molar-refractivity contribution is -0.160. The number of anilines is 1. The van der Waals surface area contributed by atoms with Gasteiger partial charge in [0.15, 0.2) is 5.72 Å². The summed E-state index contributed by atoms with van der Waals surface area (Å²) in [7, 11) is 0. The zero-order chi connectivity index (χ0) is 18.4. The number of carbonyl (C=O) groups excluding carboxylic acids is 2. The van der Waals surface area contributed by atoms with Gasteiger partial charge >= 0.3 is 0 Å². The van der Waals surface area contributed by atoms with Gasteiger partial charge in [0.05, 0.1) is 0 Å². The zero-order valence-electron chi connectivity index (χ0n) is 15.0. The van der Waals surface area contributed by atoms with E-state index in [0.29, 0.717) is 5.69 Å². The molecule has 5 nitrogen and oxygen atoms in total. The molecule has 2 aliphatic heterocycles. The summed E-state index contributed by atoms with van der Waals surface area (Å²) >= 11 is 0. The molecule has 0 radical (unpaired) electrons. The lowest BCUT2D eigenvalue weighted by Crippen LogP contribution is -2.69. The predicted molar refractivity (Wildman–Crippen MR) is 101 cm³/mol. The first kappa shape index (κ1) is 16.4. The molecular weight excluding hydrogens is 340 g/mol. The molecule has 2 heterocycles. The van der Waals surface area contributed by atoms with E-state index < -0.39 is 11.6 Å². The van der Waals surface area contributed by atoms with E-state index in [4.69, 9.17) is 4.74 Å². The van der Waals surface area contributed by atoms with E-state index in [1.54, 1.807) is 0 Å². The van der Waals surface area contributed by atoms with Crippen molar-refractivity contribution in [2.45, 2.75) is 37.3 Å². The highest BCUT2D eigenvalue weighted by Crippen LogP contribution is 2.55. The molecule has 3 aliphatic rings. The molecule has 27 heavy (non-hydrogen) atoms. The lowest BCUT2D eigenvalue weighted by atomic mass is 9.62. The maximum absolute atomic E-state index is 13.1. The normalized spacial score (nSPS) is 31.0. The van der Waals surface area contributed by atoms with Gasteiger partial charge in [0.25, 0.3) is 0 Å². The third kappa shape index (κ3) is 2.52. The van der Waals surface area contributed by atoms with Crippen molar-refractivity contribution in [3.8, 4) is 5.75 Å². The summed E-state index contributed by atoms with van der Waals surface area (Å²) in [6.07, 6.45) is 3.86. The standard InChI is InChI=1S/C22H22N2O3/c25-20(23-14-8-2-1-3-9-14)19-18-15-10-4-5-12-17(15)27-22(24-21(19)26)13-7-6-11-16(18)22/h1-5,8-10,12,16,18-19H,6-7,11,13H2,(H,23,25)(H,24,26)/t16-,18+,19-,22-/m0/s1. The maximum atomic E-state index is 13.1. The van der Waals surface area contributed by atoms with Gasteiger partial charge in [-0.25, -0.2) is 0 Å². The number of ether oxygens (including phenoxy) is 1. The third-order valence-electron chi connectivity index (χ3n) is 6.22. The number of hydrogen-bond donors (Lipinski definition) is 2. The Labute approximate surface area is 158 Å². The summed E-state index contributed by atoms with van der Waals surface area (Å²) in [6.45, 7) is 0. The van der Waals surface area contributed by atoms with E-state index >= 15 is 0 Å². The molecule has 2 aromatic carbocycles. The van der Waals surface area contributed by atoms with Crippen LogP contribution in [-0.2, 0) is 9.59 Å². The summed E-state index contributed by atoms with van der Waals surface area (Å²) in [4.78, 5) is 26.2. The Kier molecular flexibility index (Phi) is 3.71. The van der Waals surface area contributed by atoms with Gasteiger partial charge in [-0.15, -0.1) is 0 Å². The fourth-order valence-electron chi connectivity index (χ4n) is 5.09. The van der Waals surface area contributed by atoms with Crippen molar-refractivity contribution in [3.05, 3.63) is 60.2 Å². The highest BCUT2D eigenvalue weighted by Gasteiger charge is 2.60. The number of nitrogens with one attached hydrogen (secondary N) is 2. The first-order valence-corrected chi connectivity index (χ1v) is 9.64. The van der Waals surface area contributed by atoms with E-state index in [2.05, 4.69) is 10.6 Å². The van der Waals surface area contributed by atoms with Crippen LogP contribution in [0.3, 0.4) is 0 Å². The predicted octanol–water partition coefficient (Wildman–Crippen LogP) is 3.43. The van der Waals surface area contributed by atoms with Crippen LogP contribution in [0.25, 0.3) is 0 Å².